The summed E-state index contributed by atoms with van der Waals surface area (Å²) in [5.41, 5.74) is 7.24. The minimum Gasteiger partial charge on any atom is -0.480 e. The molecule has 6 nitrogen and oxygen atoms in total. The number of nitrogens with two attached hydrogens (primary N) is 1. The van der Waals surface area contributed by atoms with Crippen LogP contribution in [0, 0.1) is 13.8 Å². The van der Waals surface area contributed by atoms with Gasteiger partial charge in [-0.1, -0.05) is 0 Å². The summed E-state index contributed by atoms with van der Waals surface area (Å²) < 4.78 is 0. The third-order valence-corrected chi connectivity index (χ3v) is 3.63. The Labute approximate surface area is 117 Å². The second-order valence-corrected chi connectivity index (χ2v) is 5.19. The lowest BCUT2D eigenvalue weighted by atomic mass is 10.00. The van der Waals surface area contributed by atoms with Gasteiger partial charge in [0, 0.05) is 12.2 Å². The maximum atomic E-state index is 11.7. The van der Waals surface area contributed by atoms with Crippen molar-refractivity contribution in [2.75, 3.05) is 11.4 Å². The molecule has 0 saturated carbocycles. The number of aryl methyl sites for hydroxylation is 2. The van der Waals surface area contributed by atoms with E-state index in [1.54, 1.807) is 17.9 Å². The van der Waals surface area contributed by atoms with E-state index in [2.05, 4.69) is 4.98 Å². The number of carboxylic acids is 1. The number of aliphatic carboxylic acids is 1. The van der Waals surface area contributed by atoms with Gasteiger partial charge in [0.2, 0.25) is 0 Å². The van der Waals surface area contributed by atoms with Crippen LogP contribution in [0.1, 0.15) is 40.9 Å². The Hall–Kier alpha value is -2.11. The summed E-state index contributed by atoms with van der Waals surface area (Å²) in [6, 6.07) is 1.14. The van der Waals surface area contributed by atoms with Gasteiger partial charge in [0.15, 0.2) is 0 Å². The van der Waals surface area contributed by atoms with Crippen LogP contribution in [0.25, 0.3) is 0 Å². The highest BCUT2D eigenvalue weighted by atomic mass is 16.4. The zero-order valence-electron chi connectivity index (χ0n) is 11.7. The monoisotopic (exact) mass is 277 g/mol. The van der Waals surface area contributed by atoms with Gasteiger partial charge >= 0.3 is 5.97 Å². The van der Waals surface area contributed by atoms with Gasteiger partial charge < -0.3 is 15.7 Å². The lowest BCUT2D eigenvalue weighted by molar-refractivity contribution is -0.139. The molecule has 1 saturated heterocycles. The molecule has 0 bridgehead atoms. The van der Waals surface area contributed by atoms with Crippen molar-refractivity contribution in [1.29, 1.82) is 0 Å². The highest BCUT2D eigenvalue weighted by molar-refractivity contribution is 6.00. The van der Waals surface area contributed by atoms with E-state index < -0.39 is 17.9 Å². The third kappa shape index (κ3) is 2.59. The van der Waals surface area contributed by atoms with Crippen LogP contribution in [0.2, 0.25) is 0 Å². The zero-order valence-corrected chi connectivity index (χ0v) is 11.7. The Bertz CT molecular complexity index is 557. The van der Waals surface area contributed by atoms with Crippen LogP contribution in [0.3, 0.4) is 0 Å². The van der Waals surface area contributed by atoms with Crippen LogP contribution in [0.5, 0.6) is 0 Å². The molecule has 1 atom stereocenters. The average Bonchev–Trinajstić information content (AvgIpc) is 2.37. The molecule has 0 radical (unpaired) electrons. The zero-order chi connectivity index (χ0) is 14.9. The number of pyridine rings is 1. The van der Waals surface area contributed by atoms with Crippen molar-refractivity contribution in [3.8, 4) is 0 Å². The first-order valence-corrected chi connectivity index (χ1v) is 6.69. The SMILES string of the molecule is Cc1cc(C)c(C(N)=O)c(N2CCCCC2C(=O)O)n1. The molecule has 0 aliphatic carbocycles. The molecule has 1 unspecified atom stereocenters. The predicted molar refractivity (Wildman–Crippen MR) is 74.8 cm³/mol. The summed E-state index contributed by atoms with van der Waals surface area (Å²) in [4.78, 5) is 29.2. The second-order valence-electron chi connectivity index (χ2n) is 5.19. The predicted octanol–water partition coefficient (Wildman–Crippen LogP) is 1.24. The van der Waals surface area contributed by atoms with Crippen LogP contribution in [-0.4, -0.2) is 34.6 Å². The number of aromatic nitrogens is 1. The number of anilines is 1. The van der Waals surface area contributed by atoms with Crippen LogP contribution >= 0.6 is 0 Å². The first-order valence-electron chi connectivity index (χ1n) is 6.69. The van der Waals surface area contributed by atoms with Crippen LogP contribution < -0.4 is 10.6 Å². The molecule has 2 rings (SSSR count). The Morgan fingerprint density at radius 2 is 2.10 bits per heavy atom. The van der Waals surface area contributed by atoms with E-state index in [-0.39, 0.29) is 0 Å². The average molecular weight is 277 g/mol. The van der Waals surface area contributed by atoms with E-state index in [1.807, 2.05) is 6.92 Å². The summed E-state index contributed by atoms with van der Waals surface area (Å²) in [5.74, 6) is -1.05. The maximum absolute atomic E-state index is 11.7. The Kier molecular flexibility index (Phi) is 3.92. The maximum Gasteiger partial charge on any atom is 0.326 e. The number of amides is 1. The molecule has 1 aromatic heterocycles. The molecule has 108 valence electrons. The van der Waals surface area contributed by atoms with E-state index >= 15 is 0 Å². The molecule has 0 spiro atoms. The number of hydrogen-bond donors (Lipinski definition) is 2. The number of carbonyl (C=O) groups excluding carboxylic acids is 1. The fourth-order valence-electron chi connectivity index (χ4n) is 2.77. The molecule has 0 aromatic carbocycles. The number of piperidine rings is 1. The molecular formula is C14H19N3O3. The molecule has 1 aliphatic heterocycles. The van der Waals surface area contributed by atoms with E-state index in [4.69, 9.17) is 5.73 Å². The van der Waals surface area contributed by atoms with Crippen molar-refractivity contribution >= 4 is 17.7 Å². The van der Waals surface area contributed by atoms with Gasteiger partial charge in [-0.15, -0.1) is 0 Å². The molecule has 1 amide bonds. The molecule has 1 fully saturated rings. The number of hydrogen-bond acceptors (Lipinski definition) is 4. The smallest absolute Gasteiger partial charge is 0.326 e. The minimum atomic E-state index is -0.888. The quantitative estimate of drug-likeness (QED) is 0.866. The molecule has 2 heterocycles. The van der Waals surface area contributed by atoms with Crippen LogP contribution in [-0.2, 0) is 4.79 Å². The van der Waals surface area contributed by atoms with Crippen molar-refractivity contribution in [3.63, 3.8) is 0 Å². The van der Waals surface area contributed by atoms with Gasteiger partial charge in [-0.05, 0) is 44.7 Å². The van der Waals surface area contributed by atoms with Crippen molar-refractivity contribution in [2.24, 2.45) is 5.73 Å². The summed E-state index contributed by atoms with van der Waals surface area (Å²) in [5, 5.41) is 9.35. The third-order valence-electron chi connectivity index (χ3n) is 3.63. The van der Waals surface area contributed by atoms with Gasteiger partial charge in [-0.25, -0.2) is 9.78 Å². The number of nitrogens with zero attached hydrogens (tertiary/aromatic N) is 2. The first-order chi connectivity index (χ1) is 9.41. The fraction of sp³-hybridized carbons (Fsp3) is 0.500. The molecule has 3 N–H and O–H groups in total. The number of primary amides is 1. The standard InChI is InChI=1S/C14H19N3O3/c1-8-7-9(2)16-13(11(8)12(15)18)17-6-4-3-5-10(17)14(19)20/h7,10H,3-6H2,1-2H3,(H2,15,18)(H,19,20). The van der Waals surface area contributed by atoms with Crippen molar-refractivity contribution in [3.05, 3.63) is 22.9 Å². The van der Waals surface area contributed by atoms with Crippen molar-refractivity contribution in [1.82, 2.24) is 4.98 Å². The second kappa shape index (κ2) is 5.48. The lowest BCUT2D eigenvalue weighted by Crippen LogP contribution is -2.46. The highest BCUT2D eigenvalue weighted by Gasteiger charge is 2.32. The molecule has 20 heavy (non-hydrogen) atoms. The van der Waals surface area contributed by atoms with Gasteiger partial charge in [0.25, 0.3) is 5.91 Å². The van der Waals surface area contributed by atoms with Crippen molar-refractivity contribution in [2.45, 2.75) is 39.2 Å². The van der Waals surface area contributed by atoms with Gasteiger partial charge in [-0.2, -0.15) is 0 Å². The van der Waals surface area contributed by atoms with E-state index in [0.717, 1.165) is 24.1 Å². The summed E-state index contributed by atoms with van der Waals surface area (Å²) in [7, 11) is 0. The highest BCUT2D eigenvalue weighted by Crippen LogP contribution is 2.28. The molecule has 1 aromatic rings. The summed E-state index contributed by atoms with van der Waals surface area (Å²) in [6.07, 6.45) is 2.31. The summed E-state index contributed by atoms with van der Waals surface area (Å²) >= 11 is 0. The van der Waals surface area contributed by atoms with E-state index in [0.29, 0.717) is 24.3 Å². The lowest BCUT2D eigenvalue weighted by Gasteiger charge is -2.35. The van der Waals surface area contributed by atoms with E-state index in [9.17, 15) is 14.7 Å². The molecule has 1 aliphatic rings. The van der Waals surface area contributed by atoms with Crippen LogP contribution in [0.15, 0.2) is 6.07 Å². The van der Waals surface area contributed by atoms with Gasteiger partial charge in [-0.3, -0.25) is 4.79 Å². The molecule has 6 heteroatoms. The van der Waals surface area contributed by atoms with Crippen molar-refractivity contribution < 1.29 is 14.7 Å². The normalized spacial score (nSPS) is 18.9. The van der Waals surface area contributed by atoms with Gasteiger partial charge in [0.1, 0.15) is 11.9 Å². The topological polar surface area (TPSA) is 96.5 Å². The summed E-state index contributed by atoms with van der Waals surface area (Å²) in [6.45, 7) is 4.19. The largest absolute Gasteiger partial charge is 0.480 e. The fourth-order valence-corrected chi connectivity index (χ4v) is 2.77. The number of carbonyl (C=O) groups is 2. The first kappa shape index (κ1) is 14.3. The number of rotatable bonds is 3. The molecular weight excluding hydrogens is 258 g/mol. The number of carboxylic acid groups (broad SMARTS) is 1. The minimum absolute atomic E-state index is 0.323. The Morgan fingerprint density at radius 3 is 2.70 bits per heavy atom. The Balaban J connectivity index is 2.54. The Morgan fingerprint density at radius 1 is 1.40 bits per heavy atom. The van der Waals surface area contributed by atoms with Crippen LogP contribution in [0.4, 0.5) is 5.82 Å². The van der Waals surface area contributed by atoms with E-state index in [1.165, 1.54) is 0 Å². The van der Waals surface area contributed by atoms with Gasteiger partial charge in [0.05, 0.1) is 5.56 Å².